The highest BCUT2D eigenvalue weighted by Crippen LogP contribution is 2.26. The van der Waals surface area contributed by atoms with Gasteiger partial charge in [-0.1, -0.05) is 36.4 Å². The summed E-state index contributed by atoms with van der Waals surface area (Å²) in [5, 5.41) is 5.14. The molecule has 30 heavy (non-hydrogen) atoms. The molecule has 4 rings (SSSR count). The molecule has 2 heterocycles. The summed E-state index contributed by atoms with van der Waals surface area (Å²) in [6, 6.07) is 16.9. The van der Waals surface area contributed by atoms with E-state index in [2.05, 4.69) is 15.3 Å². The number of halogens is 1. The molecule has 6 heteroatoms. The Kier molecular flexibility index (Phi) is 5.68. The number of amides is 1. The van der Waals surface area contributed by atoms with Crippen molar-refractivity contribution in [2.24, 2.45) is 0 Å². The van der Waals surface area contributed by atoms with Crippen LogP contribution in [0.15, 0.2) is 66.2 Å². The van der Waals surface area contributed by atoms with Crippen molar-refractivity contribution in [3.05, 3.63) is 88.8 Å². The van der Waals surface area contributed by atoms with Crippen LogP contribution >= 0.6 is 11.3 Å². The number of carbonyl (C=O) groups excluding carboxylic acids is 1. The average molecular weight is 418 g/mol. The maximum absolute atomic E-state index is 13.8. The van der Waals surface area contributed by atoms with Crippen LogP contribution in [-0.4, -0.2) is 15.9 Å². The Morgan fingerprint density at radius 1 is 1.00 bits per heavy atom. The Morgan fingerprint density at radius 3 is 2.50 bits per heavy atom. The van der Waals surface area contributed by atoms with Gasteiger partial charge in [0.1, 0.15) is 5.82 Å². The van der Waals surface area contributed by atoms with Crippen molar-refractivity contribution >= 4 is 22.4 Å². The zero-order valence-electron chi connectivity index (χ0n) is 16.6. The molecule has 4 aromatic rings. The first-order valence-electron chi connectivity index (χ1n) is 9.52. The predicted octanol–water partition coefficient (Wildman–Crippen LogP) is 5.81. The van der Waals surface area contributed by atoms with Gasteiger partial charge in [0.25, 0.3) is 0 Å². The van der Waals surface area contributed by atoms with Crippen LogP contribution in [0.1, 0.15) is 16.8 Å². The van der Waals surface area contributed by atoms with Crippen LogP contribution in [0.4, 0.5) is 9.52 Å². The smallest absolute Gasteiger partial charge is 0.230 e. The molecule has 0 aliphatic rings. The molecule has 0 fully saturated rings. The molecule has 0 saturated heterocycles. The van der Waals surface area contributed by atoms with Gasteiger partial charge < -0.3 is 5.32 Å². The third-order valence-corrected chi connectivity index (χ3v) is 5.52. The van der Waals surface area contributed by atoms with E-state index in [-0.39, 0.29) is 18.1 Å². The quantitative estimate of drug-likeness (QED) is 0.446. The number of carbonyl (C=O) groups is 1. The van der Waals surface area contributed by atoms with E-state index in [0.717, 1.165) is 22.4 Å². The number of rotatable bonds is 5. The summed E-state index contributed by atoms with van der Waals surface area (Å²) in [5.74, 6) is -0.407. The lowest BCUT2D eigenvalue weighted by atomic mass is 10.0. The third-order valence-electron chi connectivity index (χ3n) is 4.77. The van der Waals surface area contributed by atoms with Crippen LogP contribution < -0.4 is 5.32 Å². The van der Waals surface area contributed by atoms with Gasteiger partial charge in [-0.2, -0.15) is 0 Å². The van der Waals surface area contributed by atoms with Crippen LogP contribution in [0, 0.1) is 19.7 Å². The van der Waals surface area contributed by atoms with Crippen LogP contribution in [0.5, 0.6) is 0 Å². The number of nitrogens with zero attached hydrogens (tertiary/aromatic N) is 2. The maximum atomic E-state index is 13.8. The third kappa shape index (κ3) is 4.60. The molecular weight excluding hydrogens is 397 g/mol. The number of hydrogen-bond acceptors (Lipinski definition) is 4. The van der Waals surface area contributed by atoms with E-state index in [1.165, 1.54) is 17.4 Å². The minimum Gasteiger partial charge on any atom is -0.302 e. The van der Waals surface area contributed by atoms with Crippen LogP contribution in [-0.2, 0) is 11.2 Å². The van der Waals surface area contributed by atoms with Crippen LogP contribution in [0.2, 0.25) is 0 Å². The number of nitrogens with one attached hydrogen (secondary N) is 1. The van der Waals surface area contributed by atoms with Crippen LogP contribution in [0.25, 0.3) is 22.4 Å². The minimum absolute atomic E-state index is 0.140. The number of benzene rings is 2. The van der Waals surface area contributed by atoms with E-state index < -0.39 is 0 Å². The first kappa shape index (κ1) is 19.9. The van der Waals surface area contributed by atoms with Crippen molar-refractivity contribution in [3.8, 4) is 22.4 Å². The normalized spacial score (nSPS) is 10.8. The molecule has 150 valence electrons. The summed E-state index contributed by atoms with van der Waals surface area (Å²) in [5.41, 5.74) is 5.99. The highest BCUT2D eigenvalue weighted by atomic mass is 32.1. The summed E-state index contributed by atoms with van der Waals surface area (Å²) in [6.07, 6.45) is 2.04. The second kappa shape index (κ2) is 8.55. The largest absolute Gasteiger partial charge is 0.302 e. The Morgan fingerprint density at radius 2 is 1.77 bits per heavy atom. The summed E-state index contributed by atoms with van der Waals surface area (Å²) in [7, 11) is 0. The van der Waals surface area contributed by atoms with E-state index >= 15 is 0 Å². The zero-order chi connectivity index (χ0) is 21.1. The molecule has 1 amide bonds. The minimum atomic E-state index is -0.267. The van der Waals surface area contributed by atoms with Crippen molar-refractivity contribution in [2.75, 3.05) is 5.32 Å². The fourth-order valence-corrected chi connectivity index (χ4v) is 3.84. The second-order valence-electron chi connectivity index (χ2n) is 7.11. The highest BCUT2D eigenvalue weighted by Gasteiger charge is 2.10. The highest BCUT2D eigenvalue weighted by molar-refractivity contribution is 7.14. The summed E-state index contributed by atoms with van der Waals surface area (Å²) in [6.45, 7) is 3.68. The first-order chi connectivity index (χ1) is 14.5. The molecule has 0 aliphatic heterocycles. The van der Waals surface area contributed by atoms with Crippen molar-refractivity contribution in [2.45, 2.75) is 20.3 Å². The predicted molar refractivity (Wildman–Crippen MR) is 119 cm³/mol. The van der Waals surface area contributed by atoms with Crippen molar-refractivity contribution in [1.29, 1.82) is 0 Å². The summed E-state index contributed by atoms with van der Waals surface area (Å²) < 4.78 is 13.8. The van der Waals surface area contributed by atoms with Gasteiger partial charge in [0, 0.05) is 22.8 Å². The number of aromatic nitrogens is 2. The van der Waals surface area contributed by atoms with E-state index in [1.54, 1.807) is 19.2 Å². The lowest BCUT2D eigenvalue weighted by molar-refractivity contribution is -0.115. The molecular formula is C24H20FN3OS. The summed E-state index contributed by atoms with van der Waals surface area (Å²) in [4.78, 5) is 21.0. The fraction of sp³-hybridized carbons (Fsp3) is 0.125. The molecule has 2 aromatic carbocycles. The van der Waals surface area contributed by atoms with E-state index in [9.17, 15) is 9.18 Å². The first-order valence-corrected chi connectivity index (χ1v) is 10.4. The number of hydrogen-bond donors (Lipinski definition) is 1. The van der Waals surface area contributed by atoms with Gasteiger partial charge >= 0.3 is 0 Å². The van der Waals surface area contributed by atoms with Crippen molar-refractivity contribution in [3.63, 3.8) is 0 Å². The Bertz CT molecular complexity index is 1200. The molecule has 0 spiro atoms. The molecule has 4 nitrogen and oxygen atoms in total. The number of aryl methyl sites for hydroxylation is 2. The van der Waals surface area contributed by atoms with Gasteiger partial charge in [0.2, 0.25) is 5.91 Å². The van der Waals surface area contributed by atoms with Gasteiger partial charge in [-0.15, -0.1) is 11.3 Å². The molecule has 0 aliphatic carbocycles. The topological polar surface area (TPSA) is 54.9 Å². The number of pyridine rings is 1. The maximum Gasteiger partial charge on any atom is 0.230 e. The van der Waals surface area contributed by atoms with E-state index in [0.29, 0.717) is 22.0 Å². The molecule has 0 radical (unpaired) electrons. The second-order valence-corrected chi connectivity index (χ2v) is 7.97. The Hall–Kier alpha value is -3.38. The lowest BCUT2D eigenvalue weighted by Gasteiger charge is -2.05. The molecule has 1 N–H and O–H groups in total. The standard InChI is InChI=1S/C24H20FN3OS/c1-15-3-6-20(13-21(15)25)22-14-30-24(27-22)28-23(29)12-17-4-7-18(8-5-17)19-9-10-26-16(2)11-19/h3-11,13-14H,12H2,1-2H3,(H,27,28,29). The fourth-order valence-electron chi connectivity index (χ4n) is 3.10. The van der Waals surface area contributed by atoms with Crippen molar-refractivity contribution in [1.82, 2.24) is 9.97 Å². The Labute approximate surface area is 178 Å². The Balaban J connectivity index is 1.40. The molecule has 2 aromatic heterocycles. The van der Waals surface area contributed by atoms with Gasteiger partial charge in [0.15, 0.2) is 5.13 Å². The zero-order valence-corrected chi connectivity index (χ0v) is 17.5. The molecule has 0 atom stereocenters. The van der Waals surface area contributed by atoms with E-state index in [1.807, 2.05) is 54.8 Å². The van der Waals surface area contributed by atoms with Crippen molar-refractivity contribution < 1.29 is 9.18 Å². The van der Waals surface area contributed by atoms with Gasteiger partial charge in [-0.05, 0) is 54.3 Å². The van der Waals surface area contributed by atoms with Gasteiger partial charge in [-0.25, -0.2) is 9.37 Å². The average Bonchev–Trinajstić information content (AvgIpc) is 3.19. The number of thiazole rings is 1. The monoisotopic (exact) mass is 417 g/mol. The molecule has 0 saturated carbocycles. The van der Waals surface area contributed by atoms with Crippen LogP contribution in [0.3, 0.4) is 0 Å². The van der Waals surface area contributed by atoms with Gasteiger partial charge in [0.05, 0.1) is 12.1 Å². The SMILES string of the molecule is Cc1cc(-c2ccc(CC(=O)Nc3nc(-c4ccc(C)c(F)c4)cs3)cc2)ccn1. The lowest BCUT2D eigenvalue weighted by Crippen LogP contribution is -2.14. The van der Waals surface area contributed by atoms with Gasteiger partial charge in [-0.3, -0.25) is 9.78 Å². The molecule has 0 bridgehead atoms. The van der Waals surface area contributed by atoms with E-state index in [4.69, 9.17) is 0 Å². The summed E-state index contributed by atoms with van der Waals surface area (Å²) >= 11 is 1.32. The number of anilines is 1. The molecule has 0 unspecified atom stereocenters.